The average molecular weight is 197 g/mol. The zero-order valence-electron chi connectivity index (χ0n) is 7.78. The van der Waals surface area contributed by atoms with E-state index < -0.39 is 0 Å². The summed E-state index contributed by atoms with van der Waals surface area (Å²) in [5.41, 5.74) is 1.92. The van der Waals surface area contributed by atoms with Crippen LogP contribution in [0.25, 0.3) is 17.0 Å². The molecule has 0 aliphatic carbocycles. The lowest BCUT2D eigenvalue weighted by Crippen LogP contribution is -1.98. The minimum absolute atomic E-state index is 0.582. The van der Waals surface area contributed by atoms with Crippen LogP contribution in [0.2, 0.25) is 0 Å². The minimum Gasteiger partial charge on any atom is -0.267 e. The molecular weight excluding hydrogens is 190 g/mol. The van der Waals surface area contributed by atoms with Gasteiger partial charge in [-0.25, -0.2) is 19.9 Å². The highest BCUT2D eigenvalue weighted by Crippen LogP contribution is 2.13. The van der Waals surface area contributed by atoms with E-state index >= 15 is 0 Å². The van der Waals surface area contributed by atoms with Gasteiger partial charge in [0, 0.05) is 0 Å². The first-order valence-corrected chi connectivity index (χ1v) is 4.49. The molecule has 0 fully saturated rings. The molecule has 2 heterocycles. The van der Waals surface area contributed by atoms with Crippen molar-refractivity contribution in [2.75, 3.05) is 0 Å². The van der Waals surface area contributed by atoms with Gasteiger partial charge in [0.15, 0.2) is 0 Å². The predicted molar refractivity (Wildman–Crippen MR) is 54.5 cm³/mol. The van der Waals surface area contributed by atoms with E-state index in [1.165, 1.54) is 12.7 Å². The number of hydrogen-bond donors (Lipinski definition) is 0. The summed E-state index contributed by atoms with van der Waals surface area (Å²) in [4.78, 5) is 16.2. The van der Waals surface area contributed by atoms with E-state index in [1.807, 2.05) is 28.8 Å². The molecule has 3 rings (SSSR count). The molecule has 0 N–H and O–H groups in total. The fourth-order valence-corrected chi connectivity index (χ4v) is 1.48. The van der Waals surface area contributed by atoms with E-state index in [1.54, 1.807) is 6.33 Å². The smallest absolute Gasteiger partial charge is 0.238 e. The first-order chi connectivity index (χ1) is 7.45. The number of hydrogen-bond acceptors (Lipinski definition) is 4. The molecule has 0 radical (unpaired) electrons. The van der Waals surface area contributed by atoms with Crippen molar-refractivity contribution in [3.05, 3.63) is 43.2 Å². The summed E-state index contributed by atoms with van der Waals surface area (Å²) in [6, 6.07) is 7.84. The van der Waals surface area contributed by atoms with Gasteiger partial charge < -0.3 is 0 Å². The summed E-state index contributed by atoms with van der Waals surface area (Å²) in [6.45, 7) is 0. The Morgan fingerprint density at radius 3 is 2.60 bits per heavy atom. The first kappa shape index (κ1) is 8.05. The van der Waals surface area contributed by atoms with Gasteiger partial charge in [0.1, 0.15) is 19.0 Å². The highest BCUT2D eigenvalue weighted by molar-refractivity contribution is 5.76. The maximum Gasteiger partial charge on any atom is 0.238 e. The highest BCUT2D eigenvalue weighted by atomic mass is 15.2. The molecule has 0 amide bonds. The van der Waals surface area contributed by atoms with Gasteiger partial charge in [0.05, 0.1) is 11.0 Å². The van der Waals surface area contributed by atoms with Crippen molar-refractivity contribution in [1.29, 1.82) is 0 Å². The van der Waals surface area contributed by atoms with Crippen molar-refractivity contribution >= 4 is 11.0 Å². The summed E-state index contributed by atoms with van der Waals surface area (Å²) in [5, 5.41) is 0. The second-order valence-corrected chi connectivity index (χ2v) is 3.04. The van der Waals surface area contributed by atoms with Crippen LogP contribution in [0.4, 0.5) is 0 Å². The molecule has 0 bridgehead atoms. The van der Waals surface area contributed by atoms with Gasteiger partial charge in [-0.1, -0.05) is 12.1 Å². The Balaban J connectivity index is 2.28. The number of nitrogens with zero attached hydrogens (tertiary/aromatic N) is 5. The van der Waals surface area contributed by atoms with E-state index in [9.17, 15) is 0 Å². The summed E-state index contributed by atoms with van der Waals surface area (Å²) >= 11 is 0. The van der Waals surface area contributed by atoms with Crippen molar-refractivity contribution in [2.45, 2.75) is 0 Å². The van der Waals surface area contributed by atoms with E-state index in [0.29, 0.717) is 5.95 Å². The van der Waals surface area contributed by atoms with Crippen LogP contribution >= 0.6 is 0 Å². The Morgan fingerprint density at radius 2 is 1.73 bits per heavy atom. The molecule has 0 saturated carbocycles. The first-order valence-electron chi connectivity index (χ1n) is 4.49. The summed E-state index contributed by atoms with van der Waals surface area (Å²) in [6.07, 6.45) is 4.65. The van der Waals surface area contributed by atoms with Crippen LogP contribution in [0.15, 0.2) is 43.2 Å². The maximum atomic E-state index is 4.26. The molecular formula is C10H7N5. The number of benzene rings is 1. The average Bonchev–Trinajstić information content (AvgIpc) is 2.74. The normalized spacial score (nSPS) is 10.7. The Bertz CT molecular complexity index is 587. The van der Waals surface area contributed by atoms with E-state index in [-0.39, 0.29) is 0 Å². The fraction of sp³-hybridized carbons (Fsp3) is 0. The SMILES string of the molecule is c1ccc2c(c1)ncn2-c1ncncn1. The third-order valence-corrected chi connectivity index (χ3v) is 2.15. The third-order valence-electron chi connectivity index (χ3n) is 2.15. The number of aromatic nitrogens is 5. The van der Waals surface area contributed by atoms with Crippen LogP contribution in [0.1, 0.15) is 0 Å². The van der Waals surface area contributed by atoms with Gasteiger partial charge in [-0.15, -0.1) is 0 Å². The molecule has 15 heavy (non-hydrogen) atoms. The third kappa shape index (κ3) is 1.25. The summed E-state index contributed by atoms with van der Waals surface area (Å²) < 4.78 is 1.83. The second-order valence-electron chi connectivity index (χ2n) is 3.04. The summed E-state index contributed by atoms with van der Waals surface area (Å²) in [7, 11) is 0. The fourth-order valence-electron chi connectivity index (χ4n) is 1.48. The van der Waals surface area contributed by atoms with E-state index in [2.05, 4.69) is 19.9 Å². The van der Waals surface area contributed by atoms with Gasteiger partial charge in [-0.2, -0.15) is 0 Å². The Kier molecular flexibility index (Phi) is 1.68. The molecule has 2 aromatic heterocycles. The van der Waals surface area contributed by atoms with Gasteiger partial charge in [-0.3, -0.25) is 4.57 Å². The van der Waals surface area contributed by atoms with Crippen molar-refractivity contribution in [3.63, 3.8) is 0 Å². The molecule has 0 atom stereocenters. The quantitative estimate of drug-likeness (QED) is 0.588. The number of imidazole rings is 1. The lowest BCUT2D eigenvalue weighted by atomic mass is 10.3. The molecule has 0 unspecified atom stereocenters. The van der Waals surface area contributed by atoms with Crippen LogP contribution < -0.4 is 0 Å². The highest BCUT2D eigenvalue weighted by Gasteiger charge is 2.04. The number of fused-ring (bicyclic) bond motifs is 1. The molecule has 5 nitrogen and oxygen atoms in total. The van der Waals surface area contributed by atoms with Crippen LogP contribution in [0, 0.1) is 0 Å². The zero-order chi connectivity index (χ0) is 10.1. The largest absolute Gasteiger partial charge is 0.267 e. The Labute approximate surface area is 85.5 Å². The van der Waals surface area contributed by atoms with Crippen molar-refractivity contribution in [2.24, 2.45) is 0 Å². The van der Waals surface area contributed by atoms with Crippen molar-refractivity contribution in [1.82, 2.24) is 24.5 Å². The standard InChI is InChI=1S/C10H7N5/c1-2-4-9-8(3-1)14-7-15(9)10-12-5-11-6-13-10/h1-7H. The molecule has 1 aromatic carbocycles. The van der Waals surface area contributed by atoms with Gasteiger partial charge in [0.25, 0.3) is 0 Å². The minimum atomic E-state index is 0.582. The Morgan fingerprint density at radius 1 is 0.933 bits per heavy atom. The molecule has 0 aliphatic heterocycles. The van der Waals surface area contributed by atoms with Crippen LogP contribution in [-0.4, -0.2) is 24.5 Å². The van der Waals surface area contributed by atoms with E-state index in [4.69, 9.17) is 0 Å². The molecule has 72 valence electrons. The number of para-hydroxylation sites is 2. The lowest BCUT2D eigenvalue weighted by Gasteiger charge is -1.99. The molecule has 0 saturated heterocycles. The summed E-state index contributed by atoms with van der Waals surface area (Å²) in [5.74, 6) is 0.582. The monoisotopic (exact) mass is 197 g/mol. The van der Waals surface area contributed by atoms with Crippen LogP contribution in [-0.2, 0) is 0 Å². The van der Waals surface area contributed by atoms with Gasteiger partial charge >= 0.3 is 0 Å². The van der Waals surface area contributed by atoms with Gasteiger partial charge in [0.2, 0.25) is 5.95 Å². The predicted octanol–water partition coefficient (Wildman–Crippen LogP) is 1.21. The molecule has 3 aromatic rings. The molecule has 5 heteroatoms. The topological polar surface area (TPSA) is 56.5 Å². The maximum absolute atomic E-state index is 4.26. The number of rotatable bonds is 1. The zero-order valence-corrected chi connectivity index (χ0v) is 7.78. The van der Waals surface area contributed by atoms with Crippen LogP contribution in [0.3, 0.4) is 0 Å². The molecule has 0 aliphatic rings. The van der Waals surface area contributed by atoms with Crippen LogP contribution in [0.5, 0.6) is 0 Å². The second kappa shape index (κ2) is 3.13. The van der Waals surface area contributed by atoms with Crippen molar-refractivity contribution in [3.8, 4) is 5.95 Å². The lowest BCUT2D eigenvalue weighted by molar-refractivity contribution is 0.911. The Hall–Kier alpha value is -2.30. The van der Waals surface area contributed by atoms with Gasteiger partial charge in [-0.05, 0) is 12.1 Å². The van der Waals surface area contributed by atoms with Crippen molar-refractivity contribution < 1.29 is 0 Å². The van der Waals surface area contributed by atoms with E-state index in [0.717, 1.165) is 11.0 Å². The molecule has 0 spiro atoms.